The van der Waals surface area contributed by atoms with Gasteiger partial charge in [0.1, 0.15) is 5.60 Å². The summed E-state index contributed by atoms with van der Waals surface area (Å²) in [7, 11) is 0. The Morgan fingerprint density at radius 3 is 1.78 bits per heavy atom. The van der Waals surface area contributed by atoms with E-state index in [9.17, 15) is 5.11 Å². The molecule has 1 N–H and O–H groups in total. The van der Waals surface area contributed by atoms with Gasteiger partial charge in [-0.1, -0.05) is 60.7 Å². The Morgan fingerprint density at radius 2 is 1.39 bits per heavy atom. The molecule has 2 aromatic rings. The van der Waals surface area contributed by atoms with Crippen LogP contribution in [0.1, 0.15) is 17.5 Å². The summed E-state index contributed by atoms with van der Waals surface area (Å²) in [6, 6.07) is 19.9. The second-order valence-corrected chi connectivity index (χ2v) is 4.62. The minimum absolute atomic E-state index is 0.498. The van der Waals surface area contributed by atoms with E-state index >= 15 is 0 Å². The van der Waals surface area contributed by atoms with Crippen LogP contribution in [0.5, 0.6) is 0 Å². The fourth-order valence-corrected chi connectivity index (χ4v) is 2.72. The molecule has 3 rings (SSSR count). The molecule has 1 saturated heterocycles. The summed E-state index contributed by atoms with van der Waals surface area (Å²) >= 11 is 0. The van der Waals surface area contributed by atoms with Crippen molar-refractivity contribution in [2.24, 2.45) is 0 Å². The normalized spacial score (nSPS) is 21.9. The molecular formula is C16H16O2. The Hall–Kier alpha value is -1.64. The highest BCUT2D eigenvalue weighted by molar-refractivity contribution is 5.38. The van der Waals surface area contributed by atoms with E-state index in [4.69, 9.17) is 4.74 Å². The Morgan fingerprint density at radius 1 is 0.889 bits per heavy atom. The zero-order chi connectivity index (χ0) is 12.4. The first-order valence-electron chi connectivity index (χ1n) is 6.27. The predicted octanol–water partition coefficient (Wildman–Crippen LogP) is 2.71. The molecule has 1 heterocycles. The molecule has 0 spiro atoms. The minimum Gasteiger partial charge on any atom is -0.389 e. The van der Waals surface area contributed by atoms with Crippen molar-refractivity contribution in [2.75, 3.05) is 6.61 Å². The zero-order valence-corrected chi connectivity index (χ0v) is 10.1. The maximum Gasteiger partial charge on any atom is 0.144 e. The molecule has 1 aliphatic heterocycles. The number of hydrogen-bond acceptors (Lipinski definition) is 2. The van der Waals surface area contributed by atoms with Crippen LogP contribution in [0.25, 0.3) is 0 Å². The highest BCUT2D eigenvalue weighted by Gasteiger charge is 2.46. The fraction of sp³-hybridized carbons (Fsp3) is 0.250. The third-order valence-corrected chi connectivity index (χ3v) is 3.60. The monoisotopic (exact) mass is 240 g/mol. The summed E-state index contributed by atoms with van der Waals surface area (Å²) in [5, 5.41) is 10.4. The average Bonchev–Trinajstić information content (AvgIpc) is 2.84. The molecule has 0 saturated carbocycles. The second-order valence-electron chi connectivity index (χ2n) is 4.62. The Labute approximate surface area is 107 Å². The minimum atomic E-state index is -0.706. The smallest absolute Gasteiger partial charge is 0.144 e. The Bertz CT molecular complexity index is 468. The SMILES string of the molecule is O[C@@H]1CCOC1(c1ccccc1)c1ccccc1. The molecule has 1 fully saturated rings. The molecule has 0 radical (unpaired) electrons. The molecule has 0 unspecified atom stereocenters. The lowest BCUT2D eigenvalue weighted by molar-refractivity contribution is -0.0304. The summed E-state index contributed by atoms with van der Waals surface area (Å²) < 4.78 is 5.97. The average molecular weight is 240 g/mol. The number of hydrogen-bond donors (Lipinski definition) is 1. The van der Waals surface area contributed by atoms with E-state index in [2.05, 4.69) is 0 Å². The van der Waals surface area contributed by atoms with Gasteiger partial charge in [-0.2, -0.15) is 0 Å². The molecule has 2 heteroatoms. The maximum atomic E-state index is 10.4. The number of rotatable bonds is 2. The van der Waals surface area contributed by atoms with Gasteiger partial charge in [0, 0.05) is 6.42 Å². The molecular weight excluding hydrogens is 224 g/mol. The molecule has 0 amide bonds. The summed E-state index contributed by atoms with van der Waals surface area (Å²) in [6.45, 7) is 0.588. The summed E-state index contributed by atoms with van der Waals surface area (Å²) in [5.74, 6) is 0. The summed E-state index contributed by atoms with van der Waals surface area (Å²) in [4.78, 5) is 0. The highest BCUT2D eigenvalue weighted by atomic mass is 16.5. The van der Waals surface area contributed by atoms with E-state index in [0.717, 1.165) is 11.1 Å². The van der Waals surface area contributed by atoms with Crippen molar-refractivity contribution >= 4 is 0 Å². The molecule has 2 nitrogen and oxygen atoms in total. The molecule has 0 aliphatic carbocycles. The van der Waals surface area contributed by atoms with Crippen molar-refractivity contribution in [1.82, 2.24) is 0 Å². The van der Waals surface area contributed by atoms with Crippen molar-refractivity contribution in [3.8, 4) is 0 Å². The number of benzene rings is 2. The molecule has 1 aliphatic rings. The van der Waals surface area contributed by atoms with E-state index < -0.39 is 11.7 Å². The fourth-order valence-electron chi connectivity index (χ4n) is 2.72. The van der Waals surface area contributed by atoms with Gasteiger partial charge in [0.25, 0.3) is 0 Å². The highest BCUT2D eigenvalue weighted by Crippen LogP contribution is 2.42. The van der Waals surface area contributed by atoms with Gasteiger partial charge in [0.05, 0.1) is 12.7 Å². The number of aliphatic hydroxyl groups is 1. The van der Waals surface area contributed by atoms with Crippen molar-refractivity contribution < 1.29 is 9.84 Å². The van der Waals surface area contributed by atoms with Crippen LogP contribution in [0.2, 0.25) is 0 Å². The van der Waals surface area contributed by atoms with Crippen molar-refractivity contribution in [1.29, 1.82) is 0 Å². The standard InChI is InChI=1S/C16H16O2/c17-15-11-12-18-16(15,13-7-3-1-4-8-13)14-9-5-2-6-10-14/h1-10,15,17H,11-12H2/t15-/m1/s1. The predicted molar refractivity (Wildman–Crippen MR) is 70.2 cm³/mol. The van der Waals surface area contributed by atoms with Gasteiger partial charge in [0.15, 0.2) is 0 Å². The molecule has 18 heavy (non-hydrogen) atoms. The van der Waals surface area contributed by atoms with Crippen LogP contribution in [0.15, 0.2) is 60.7 Å². The van der Waals surface area contributed by atoms with Crippen LogP contribution in [-0.4, -0.2) is 17.8 Å². The molecule has 92 valence electrons. The van der Waals surface area contributed by atoms with E-state index in [0.29, 0.717) is 13.0 Å². The third-order valence-electron chi connectivity index (χ3n) is 3.60. The van der Waals surface area contributed by atoms with Crippen LogP contribution in [0.4, 0.5) is 0 Å². The van der Waals surface area contributed by atoms with Gasteiger partial charge in [-0.05, 0) is 11.1 Å². The van der Waals surface area contributed by atoms with E-state index in [-0.39, 0.29) is 0 Å². The molecule has 0 bridgehead atoms. The molecule has 1 atom stereocenters. The number of ether oxygens (including phenoxy) is 1. The van der Waals surface area contributed by atoms with Crippen LogP contribution in [-0.2, 0) is 10.3 Å². The van der Waals surface area contributed by atoms with Gasteiger partial charge in [-0.15, -0.1) is 0 Å². The summed E-state index contributed by atoms with van der Waals surface area (Å²) in [6.07, 6.45) is 0.173. The second kappa shape index (κ2) is 4.56. The lowest BCUT2D eigenvalue weighted by Crippen LogP contribution is -2.37. The molecule has 0 aromatic heterocycles. The quantitative estimate of drug-likeness (QED) is 0.874. The van der Waals surface area contributed by atoms with E-state index in [1.54, 1.807) is 0 Å². The largest absolute Gasteiger partial charge is 0.389 e. The Balaban J connectivity index is 2.17. The van der Waals surface area contributed by atoms with Gasteiger partial charge < -0.3 is 9.84 Å². The first-order valence-corrected chi connectivity index (χ1v) is 6.27. The van der Waals surface area contributed by atoms with Crippen LogP contribution >= 0.6 is 0 Å². The maximum absolute atomic E-state index is 10.4. The third kappa shape index (κ3) is 1.65. The topological polar surface area (TPSA) is 29.5 Å². The van der Waals surface area contributed by atoms with Crippen molar-refractivity contribution in [3.63, 3.8) is 0 Å². The van der Waals surface area contributed by atoms with Gasteiger partial charge in [0.2, 0.25) is 0 Å². The first kappa shape index (κ1) is 11.5. The van der Waals surface area contributed by atoms with Crippen LogP contribution < -0.4 is 0 Å². The van der Waals surface area contributed by atoms with Gasteiger partial charge in [-0.25, -0.2) is 0 Å². The van der Waals surface area contributed by atoms with Crippen LogP contribution in [0.3, 0.4) is 0 Å². The summed E-state index contributed by atoms with van der Waals surface area (Å²) in [5.41, 5.74) is 1.32. The van der Waals surface area contributed by atoms with E-state index in [1.807, 2.05) is 60.7 Å². The molecule has 2 aromatic carbocycles. The van der Waals surface area contributed by atoms with Crippen LogP contribution in [0, 0.1) is 0 Å². The zero-order valence-electron chi connectivity index (χ0n) is 10.1. The first-order chi connectivity index (χ1) is 8.84. The van der Waals surface area contributed by atoms with Gasteiger partial charge in [-0.3, -0.25) is 0 Å². The van der Waals surface area contributed by atoms with E-state index in [1.165, 1.54) is 0 Å². The Kier molecular flexibility index (Phi) is 2.90. The lowest BCUT2D eigenvalue weighted by atomic mass is 9.82. The number of aliphatic hydroxyl groups excluding tert-OH is 1. The van der Waals surface area contributed by atoms with Gasteiger partial charge >= 0.3 is 0 Å². The lowest BCUT2D eigenvalue weighted by Gasteiger charge is -2.32. The van der Waals surface area contributed by atoms with Crippen molar-refractivity contribution in [3.05, 3.63) is 71.8 Å². The van der Waals surface area contributed by atoms with Crippen molar-refractivity contribution in [2.45, 2.75) is 18.1 Å².